The number of rotatable bonds is 2. The summed E-state index contributed by atoms with van der Waals surface area (Å²) in [7, 11) is -2.93. The van der Waals surface area contributed by atoms with E-state index in [-0.39, 0.29) is 18.4 Å². The second kappa shape index (κ2) is 4.41. The molecule has 1 saturated heterocycles. The lowest BCUT2D eigenvalue weighted by molar-refractivity contribution is 0.419. The van der Waals surface area contributed by atoms with Gasteiger partial charge >= 0.3 is 0 Å². The molecule has 1 aliphatic heterocycles. The second-order valence-electron chi connectivity index (χ2n) is 3.00. The van der Waals surface area contributed by atoms with Gasteiger partial charge in [0, 0.05) is 19.1 Å². The van der Waals surface area contributed by atoms with Crippen molar-refractivity contribution in [1.29, 1.82) is 0 Å². The van der Waals surface area contributed by atoms with Crippen molar-refractivity contribution in [1.82, 2.24) is 4.31 Å². The lowest BCUT2D eigenvalue weighted by Crippen LogP contribution is -2.36. The third-order valence-electron chi connectivity index (χ3n) is 1.69. The number of hydrogen-bond acceptors (Lipinski definition) is 3. The van der Waals surface area contributed by atoms with Crippen molar-refractivity contribution < 1.29 is 8.42 Å². The van der Waals surface area contributed by atoms with Crippen LogP contribution in [0.3, 0.4) is 0 Å². The molecule has 2 N–H and O–H groups in total. The van der Waals surface area contributed by atoms with Gasteiger partial charge in [-0.25, -0.2) is 12.7 Å². The van der Waals surface area contributed by atoms with Crippen molar-refractivity contribution in [2.24, 2.45) is 5.73 Å². The van der Waals surface area contributed by atoms with Gasteiger partial charge in [-0.15, -0.1) is 12.4 Å². The normalized spacial score (nSPS) is 24.8. The molecule has 0 amide bonds. The fourth-order valence-corrected chi connectivity index (χ4v) is 2.84. The van der Waals surface area contributed by atoms with Gasteiger partial charge in [0.05, 0.1) is 5.75 Å². The van der Waals surface area contributed by atoms with Crippen LogP contribution in [0.2, 0.25) is 0 Å². The first-order valence-corrected chi connectivity index (χ1v) is 5.37. The molecule has 1 rings (SSSR count). The molecule has 1 fully saturated rings. The molecule has 0 unspecified atom stereocenters. The van der Waals surface area contributed by atoms with E-state index in [1.54, 1.807) is 0 Å². The molecule has 6 heteroatoms. The third-order valence-corrected chi connectivity index (χ3v) is 3.62. The van der Waals surface area contributed by atoms with Gasteiger partial charge in [0.25, 0.3) is 0 Å². The number of hydrogen-bond donors (Lipinski definition) is 1. The summed E-state index contributed by atoms with van der Waals surface area (Å²) in [6.07, 6.45) is 0.745. The van der Waals surface area contributed by atoms with Crippen LogP contribution in [0.25, 0.3) is 0 Å². The lowest BCUT2D eigenvalue weighted by Gasteiger charge is -2.15. The Bertz CT molecular complexity index is 228. The molecule has 0 saturated carbocycles. The summed E-state index contributed by atoms with van der Waals surface area (Å²) in [5.41, 5.74) is 5.49. The van der Waals surface area contributed by atoms with E-state index in [9.17, 15) is 8.42 Å². The molecular weight excluding hydrogens is 200 g/mol. The average Bonchev–Trinajstić information content (AvgIpc) is 2.10. The standard InChI is InChI=1S/C6H14N2O2S.ClH/c1-6(7)5-8-3-2-4-11(8,9)10;/h6H,2-5,7H2,1H3;1H/t6-;/m1./s1. The van der Waals surface area contributed by atoms with Crippen molar-refractivity contribution in [2.45, 2.75) is 19.4 Å². The Morgan fingerprint density at radius 1 is 1.58 bits per heavy atom. The number of nitrogens with two attached hydrogens (primary N) is 1. The molecule has 1 aliphatic rings. The number of sulfonamides is 1. The Morgan fingerprint density at radius 2 is 2.17 bits per heavy atom. The highest BCUT2D eigenvalue weighted by atomic mass is 35.5. The van der Waals surface area contributed by atoms with E-state index in [4.69, 9.17) is 5.73 Å². The van der Waals surface area contributed by atoms with E-state index >= 15 is 0 Å². The molecular formula is C6H15ClN2O2S. The Kier molecular flexibility index (Phi) is 4.47. The van der Waals surface area contributed by atoms with Gasteiger partial charge in [0.2, 0.25) is 10.0 Å². The molecule has 1 atom stereocenters. The smallest absolute Gasteiger partial charge is 0.214 e. The Hall–Kier alpha value is 0.160. The maximum Gasteiger partial charge on any atom is 0.214 e. The molecule has 0 bridgehead atoms. The highest BCUT2D eigenvalue weighted by Gasteiger charge is 2.28. The van der Waals surface area contributed by atoms with Gasteiger partial charge in [0.1, 0.15) is 0 Å². The summed E-state index contributed by atoms with van der Waals surface area (Å²) in [4.78, 5) is 0. The minimum atomic E-state index is -2.93. The minimum Gasteiger partial charge on any atom is -0.327 e. The molecule has 0 radical (unpaired) electrons. The number of halogens is 1. The molecule has 0 aromatic heterocycles. The van der Waals surface area contributed by atoms with E-state index < -0.39 is 10.0 Å². The van der Waals surface area contributed by atoms with Crippen molar-refractivity contribution in [3.05, 3.63) is 0 Å². The van der Waals surface area contributed by atoms with Crippen molar-refractivity contribution in [3.63, 3.8) is 0 Å². The highest BCUT2D eigenvalue weighted by Crippen LogP contribution is 2.12. The minimum absolute atomic E-state index is 0. The van der Waals surface area contributed by atoms with Crippen LogP contribution in [0.5, 0.6) is 0 Å². The lowest BCUT2D eigenvalue weighted by atomic mass is 10.3. The van der Waals surface area contributed by atoms with E-state index in [0.717, 1.165) is 6.42 Å². The number of nitrogens with zero attached hydrogens (tertiary/aromatic N) is 1. The van der Waals surface area contributed by atoms with E-state index in [1.807, 2.05) is 6.92 Å². The third kappa shape index (κ3) is 2.90. The Morgan fingerprint density at radius 3 is 2.50 bits per heavy atom. The van der Waals surface area contributed by atoms with E-state index in [1.165, 1.54) is 4.31 Å². The molecule has 0 aromatic carbocycles. The van der Waals surface area contributed by atoms with Gasteiger partial charge in [-0.05, 0) is 13.3 Å². The zero-order valence-corrected chi connectivity index (χ0v) is 8.70. The molecule has 4 nitrogen and oxygen atoms in total. The van der Waals surface area contributed by atoms with Crippen LogP contribution in [-0.2, 0) is 10.0 Å². The molecule has 74 valence electrons. The summed E-state index contributed by atoms with van der Waals surface area (Å²) in [5, 5.41) is 0. The zero-order valence-electron chi connectivity index (χ0n) is 7.06. The summed E-state index contributed by atoms with van der Waals surface area (Å²) in [6.45, 7) is 2.92. The first kappa shape index (κ1) is 12.2. The SMILES string of the molecule is C[C@@H](N)CN1CCCS1(=O)=O.Cl. The summed E-state index contributed by atoms with van der Waals surface area (Å²) >= 11 is 0. The van der Waals surface area contributed by atoms with Crippen LogP contribution in [0.4, 0.5) is 0 Å². The fraction of sp³-hybridized carbons (Fsp3) is 1.00. The van der Waals surface area contributed by atoms with Crippen LogP contribution in [0.1, 0.15) is 13.3 Å². The Balaban J connectivity index is 0.00000121. The largest absolute Gasteiger partial charge is 0.327 e. The van der Waals surface area contributed by atoms with E-state index in [2.05, 4.69) is 0 Å². The summed E-state index contributed by atoms with van der Waals surface area (Å²) < 4.78 is 23.8. The maximum atomic E-state index is 11.2. The first-order valence-electron chi connectivity index (χ1n) is 3.76. The van der Waals surface area contributed by atoms with Gasteiger partial charge in [-0.1, -0.05) is 0 Å². The van der Waals surface area contributed by atoms with Crippen LogP contribution in [-0.4, -0.2) is 37.6 Å². The Labute approximate surface area is 79.6 Å². The van der Waals surface area contributed by atoms with Gasteiger partial charge in [-0.3, -0.25) is 0 Å². The first-order chi connectivity index (χ1) is 5.02. The van der Waals surface area contributed by atoms with Crippen molar-refractivity contribution >= 4 is 22.4 Å². The van der Waals surface area contributed by atoms with Gasteiger partial charge < -0.3 is 5.73 Å². The van der Waals surface area contributed by atoms with Crippen LogP contribution in [0.15, 0.2) is 0 Å². The molecule has 12 heavy (non-hydrogen) atoms. The van der Waals surface area contributed by atoms with Crippen molar-refractivity contribution in [3.8, 4) is 0 Å². The predicted octanol–water partition coefficient (Wildman–Crippen LogP) is -0.209. The summed E-state index contributed by atoms with van der Waals surface area (Å²) in [6, 6.07) is -0.0668. The highest BCUT2D eigenvalue weighted by molar-refractivity contribution is 7.89. The molecule has 1 heterocycles. The van der Waals surface area contributed by atoms with E-state index in [0.29, 0.717) is 18.8 Å². The second-order valence-corrected chi connectivity index (χ2v) is 5.09. The quantitative estimate of drug-likeness (QED) is 0.692. The van der Waals surface area contributed by atoms with Gasteiger partial charge in [-0.2, -0.15) is 0 Å². The maximum absolute atomic E-state index is 11.2. The van der Waals surface area contributed by atoms with Gasteiger partial charge in [0.15, 0.2) is 0 Å². The predicted molar refractivity (Wildman–Crippen MR) is 50.9 cm³/mol. The summed E-state index contributed by atoms with van der Waals surface area (Å²) in [5.74, 6) is 0.291. The van der Waals surface area contributed by atoms with Crippen molar-refractivity contribution in [2.75, 3.05) is 18.8 Å². The monoisotopic (exact) mass is 214 g/mol. The van der Waals surface area contributed by atoms with Crippen LogP contribution >= 0.6 is 12.4 Å². The molecule has 0 aromatic rings. The fourth-order valence-electron chi connectivity index (χ4n) is 1.22. The molecule has 0 aliphatic carbocycles. The van der Waals surface area contributed by atoms with Crippen LogP contribution < -0.4 is 5.73 Å². The zero-order chi connectivity index (χ0) is 8.48. The average molecular weight is 215 g/mol. The van der Waals surface area contributed by atoms with Crippen LogP contribution in [0, 0.1) is 0 Å². The molecule has 0 spiro atoms. The topological polar surface area (TPSA) is 63.4 Å².